The van der Waals surface area contributed by atoms with E-state index in [2.05, 4.69) is 4.98 Å². The summed E-state index contributed by atoms with van der Waals surface area (Å²) in [6, 6.07) is 1.39. The predicted molar refractivity (Wildman–Crippen MR) is 53.5 cm³/mol. The Bertz CT molecular complexity index is 372. The first-order valence-electron chi connectivity index (χ1n) is 5.52. The molecule has 1 aromatic heterocycles. The number of pyridine rings is 1. The van der Waals surface area contributed by atoms with E-state index in [9.17, 15) is 9.50 Å². The number of halogens is 1. The van der Waals surface area contributed by atoms with Gasteiger partial charge in [0.15, 0.2) is 0 Å². The van der Waals surface area contributed by atoms with Crippen molar-refractivity contribution in [2.24, 2.45) is 17.8 Å². The van der Waals surface area contributed by atoms with Gasteiger partial charge < -0.3 is 5.11 Å². The van der Waals surface area contributed by atoms with E-state index in [1.165, 1.54) is 18.7 Å². The standard InChI is InChI=1S/C12H14FNO/c13-11-4-10(5-14-6-11)12(15)9-2-7-1-8(7)3-9/h4-9,12,15H,1-3H2. The van der Waals surface area contributed by atoms with Crippen LogP contribution in [0.1, 0.15) is 30.9 Å². The second kappa shape index (κ2) is 3.27. The van der Waals surface area contributed by atoms with Crippen molar-refractivity contribution in [1.82, 2.24) is 4.98 Å². The lowest BCUT2D eigenvalue weighted by Crippen LogP contribution is -2.11. The van der Waals surface area contributed by atoms with Crippen LogP contribution in [-0.4, -0.2) is 10.1 Å². The predicted octanol–water partition coefficient (Wildman–Crippen LogP) is 2.30. The summed E-state index contributed by atoms with van der Waals surface area (Å²) in [5.74, 6) is 1.63. The second-order valence-corrected chi connectivity index (χ2v) is 4.87. The monoisotopic (exact) mass is 207 g/mol. The number of hydrogen-bond acceptors (Lipinski definition) is 2. The molecule has 15 heavy (non-hydrogen) atoms. The molecule has 2 saturated carbocycles. The lowest BCUT2D eigenvalue weighted by molar-refractivity contribution is 0.104. The molecule has 0 amide bonds. The maximum atomic E-state index is 12.9. The maximum absolute atomic E-state index is 12.9. The zero-order valence-corrected chi connectivity index (χ0v) is 8.44. The molecule has 0 aromatic carbocycles. The Morgan fingerprint density at radius 2 is 2.00 bits per heavy atom. The highest BCUT2D eigenvalue weighted by Gasteiger charge is 2.47. The van der Waals surface area contributed by atoms with Crippen LogP contribution in [0.2, 0.25) is 0 Å². The Morgan fingerprint density at radius 1 is 1.27 bits per heavy atom. The van der Waals surface area contributed by atoms with Crippen LogP contribution in [0.5, 0.6) is 0 Å². The van der Waals surface area contributed by atoms with Crippen molar-refractivity contribution in [3.63, 3.8) is 0 Å². The molecule has 0 spiro atoms. The van der Waals surface area contributed by atoms with Gasteiger partial charge in [0.2, 0.25) is 0 Å². The maximum Gasteiger partial charge on any atom is 0.141 e. The first kappa shape index (κ1) is 9.28. The van der Waals surface area contributed by atoms with Crippen molar-refractivity contribution in [1.29, 1.82) is 0 Å². The Labute approximate surface area is 88.2 Å². The quantitative estimate of drug-likeness (QED) is 0.807. The lowest BCUT2D eigenvalue weighted by Gasteiger charge is -2.19. The first-order chi connectivity index (χ1) is 7.24. The van der Waals surface area contributed by atoms with E-state index in [0.717, 1.165) is 24.7 Å². The van der Waals surface area contributed by atoms with Gasteiger partial charge >= 0.3 is 0 Å². The molecule has 2 aliphatic rings. The van der Waals surface area contributed by atoms with Gasteiger partial charge in [-0.15, -0.1) is 0 Å². The van der Waals surface area contributed by atoms with Crippen LogP contribution >= 0.6 is 0 Å². The zero-order valence-electron chi connectivity index (χ0n) is 8.44. The smallest absolute Gasteiger partial charge is 0.141 e. The molecule has 3 unspecified atom stereocenters. The summed E-state index contributed by atoms with van der Waals surface area (Å²) >= 11 is 0. The molecule has 1 heterocycles. The van der Waals surface area contributed by atoms with Gasteiger partial charge in [0.05, 0.1) is 12.3 Å². The number of hydrogen-bond donors (Lipinski definition) is 1. The second-order valence-electron chi connectivity index (χ2n) is 4.87. The van der Waals surface area contributed by atoms with E-state index < -0.39 is 6.10 Å². The van der Waals surface area contributed by atoms with Crippen molar-refractivity contribution >= 4 is 0 Å². The molecule has 0 radical (unpaired) electrons. The summed E-state index contributed by atoms with van der Waals surface area (Å²) < 4.78 is 12.9. The van der Waals surface area contributed by atoms with E-state index in [1.807, 2.05) is 0 Å². The third-order valence-corrected chi connectivity index (χ3v) is 3.79. The number of aliphatic hydroxyl groups is 1. The van der Waals surface area contributed by atoms with Crippen LogP contribution in [0.4, 0.5) is 4.39 Å². The van der Waals surface area contributed by atoms with Gasteiger partial charge in [-0.2, -0.15) is 0 Å². The average Bonchev–Trinajstić information content (AvgIpc) is 2.85. The molecular weight excluding hydrogens is 193 g/mol. The van der Waals surface area contributed by atoms with Crippen molar-refractivity contribution in [3.8, 4) is 0 Å². The normalized spacial score (nSPS) is 34.9. The van der Waals surface area contributed by atoms with E-state index in [-0.39, 0.29) is 5.82 Å². The number of aliphatic hydroxyl groups excluding tert-OH is 1. The molecule has 1 aromatic rings. The first-order valence-corrected chi connectivity index (χ1v) is 5.52. The van der Waals surface area contributed by atoms with Crippen LogP contribution in [-0.2, 0) is 0 Å². The molecule has 0 bridgehead atoms. The van der Waals surface area contributed by atoms with Crippen molar-refractivity contribution in [3.05, 3.63) is 29.8 Å². The highest BCUT2D eigenvalue weighted by molar-refractivity contribution is 5.15. The molecule has 2 aliphatic carbocycles. The van der Waals surface area contributed by atoms with Crippen LogP contribution in [0.3, 0.4) is 0 Å². The summed E-state index contributed by atoms with van der Waals surface area (Å²) in [5, 5.41) is 10.1. The molecular formula is C12H14FNO. The van der Waals surface area contributed by atoms with Crippen molar-refractivity contribution in [2.75, 3.05) is 0 Å². The highest BCUT2D eigenvalue weighted by Crippen LogP contribution is 2.57. The molecule has 2 fully saturated rings. The molecule has 0 saturated heterocycles. The lowest BCUT2D eigenvalue weighted by atomic mass is 9.92. The van der Waals surface area contributed by atoms with Crippen molar-refractivity contribution < 1.29 is 9.50 Å². The van der Waals surface area contributed by atoms with Gasteiger partial charge in [-0.25, -0.2) is 4.39 Å². The minimum atomic E-state index is -0.527. The fourth-order valence-electron chi connectivity index (χ4n) is 2.88. The van der Waals surface area contributed by atoms with Gasteiger partial charge in [-0.3, -0.25) is 4.98 Å². The fraction of sp³-hybridized carbons (Fsp3) is 0.583. The van der Waals surface area contributed by atoms with E-state index in [1.54, 1.807) is 6.20 Å². The largest absolute Gasteiger partial charge is 0.388 e. The third kappa shape index (κ3) is 1.65. The third-order valence-electron chi connectivity index (χ3n) is 3.79. The van der Waals surface area contributed by atoms with Gasteiger partial charge in [-0.05, 0) is 43.1 Å². The van der Waals surface area contributed by atoms with Gasteiger partial charge in [-0.1, -0.05) is 0 Å². The number of fused-ring (bicyclic) bond motifs is 1. The summed E-state index contributed by atoms with van der Waals surface area (Å²) in [4.78, 5) is 3.77. The Balaban J connectivity index is 1.76. The highest BCUT2D eigenvalue weighted by atomic mass is 19.1. The number of aromatic nitrogens is 1. The number of nitrogens with zero attached hydrogens (tertiary/aromatic N) is 1. The van der Waals surface area contributed by atoms with Gasteiger partial charge in [0.1, 0.15) is 5.82 Å². The van der Waals surface area contributed by atoms with E-state index in [4.69, 9.17) is 0 Å². The molecule has 0 aliphatic heterocycles. The van der Waals surface area contributed by atoms with Crippen molar-refractivity contribution in [2.45, 2.75) is 25.4 Å². The van der Waals surface area contributed by atoms with Crippen LogP contribution in [0.25, 0.3) is 0 Å². The zero-order chi connectivity index (χ0) is 10.4. The van der Waals surface area contributed by atoms with Gasteiger partial charge in [0.25, 0.3) is 0 Å². The summed E-state index contributed by atoms with van der Waals surface area (Å²) in [5.41, 5.74) is 0.626. The minimum absolute atomic E-state index is 0.317. The van der Waals surface area contributed by atoms with E-state index in [0.29, 0.717) is 11.5 Å². The molecule has 1 N–H and O–H groups in total. The number of rotatable bonds is 2. The molecule has 3 atom stereocenters. The summed E-state index contributed by atoms with van der Waals surface area (Å²) in [6.07, 6.45) is 5.75. The Morgan fingerprint density at radius 3 is 2.67 bits per heavy atom. The Kier molecular flexibility index (Phi) is 2.02. The molecule has 2 nitrogen and oxygen atoms in total. The SMILES string of the molecule is OC(c1cncc(F)c1)C1CC2CC2C1. The topological polar surface area (TPSA) is 33.1 Å². The van der Waals surface area contributed by atoms with Crippen LogP contribution in [0, 0.1) is 23.6 Å². The van der Waals surface area contributed by atoms with E-state index >= 15 is 0 Å². The van der Waals surface area contributed by atoms with Crippen LogP contribution < -0.4 is 0 Å². The van der Waals surface area contributed by atoms with Gasteiger partial charge in [0, 0.05) is 11.8 Å². The fourth-order valence-corrected chi connectivity index (χ4v) is 2.88. The average molecular weight is 207 g/mol. The molecule has 3 rings (SSSR count). The summed E-state index contributed by atoms with van der Waals surface area (Å²) in [6.45, 7) is 0. The van der Waals surface area contributed by atoms with Crippen LogP contribution in [0.15, 0.2) is 18.5 Å². The summed E-state index contributed by atoms with van der Waals surface area (Å²) in [7, 11) is 0. The Hall–Kier alpha value is -0.960. The minimum Gasteiger partial charge on any atom is -0.388 e. The molecule has 80 valence electrons. The molecule has 3 heteroatoms.